The van der Waals surface area contributed by atoms with Gasteiger partial charge in [-0.2, -0.15) is 4.72 Å². The first-order chi connectivity index (χ1) is 11.4. The third-order valence-corrected chi connectivity index (χ3v) is 6.49. The summed E-state index contributed by atoms with van der Waals surface area (Å²) in [5, 5.41) is 0. The quantitative estimate of drug-likeness (QED) is 0.756. The molecular weight excluding hydrogens is 349 g/mol. The van der Waals surface area contributed by atoms with Crippen molar-refractivity contribution in [1.82, 2.24) is 14.3 Å². The fourth-order valence-corrected chi connectivity index (χ4v) is 4.83. The number of rotatable bonds is 5. The molecule has 0 aliphatic rings. The molecule has 24 heavy (non-hydrogen) atoms. The van der Waals surface area contributed by atoms with E-state index in [0.717, 1.165) is 4.88 Å². The van der Waals surface area contributed by atoms with Crippen LogP contribution in [0, 0.1) is 12.7 Å². The molecule has 5 nitrogen and oxygen atoms in total. The number of hydrogen-bond acceptors (Lipinski definition) is 4. The maximum Gasteiger partial charge on any atom is 0.251 e. The molecule has 0 saturated carbocycles. The summed E-state index contributed by atoms with van der Waals surface area (Å²) < 4.78 is 43.2. The van der Waals surface area contributed by atoms with E-state index in [9.17, 15) is 12.8 Å². The summed E-state index contributed by atoms with van der Waals surface area (Å²) in [7, 11) is -1.94. The molecule has 1 aromatic carbocycles. The Morgan fingerprint density at radius 3 is 2.46 bits per heavy atom. The molecule has 0 bridgehead atoms. The molecule has 1 atom stereocenters. The predicted molar refractivity (Wildman–Crippen MR) is 90.8 cm³/mol. The maximum atomic E-state index is 13.2. The van der Waals surface area contributed by atoms with Crippen LogP contribution in [0.25, 0.3) is 0 Å². The number of thiophene rings is 1. The van der Waals surface area contributed by atoms with Crippen molar-refractivity contribution in [3.8, 4) is 0 Å². The Bertz CT molecular complexity index is 946. The molecule has 0 aliphatic heterocycles. The SMILES string of the molecule is Cc1ccc(S(=O)(=O)N[C@@H](c2ccc(F)cc2)c2nccn2C)s1. The normalized spacial score (nSPS) is 13.1. The van der Waals surface area contributed by atoms with Gasteiger partial charge in [0.05, 0.1) is 0 Å². The smallest absolute Gasteiger partial charge is 0.251 e. The van der Waals surface area contributed by atoms with Crippen molar-refractivity contribution in [3.05, 3.63) is 70.9 Å². The van der Waals surface area contributed by atoms with Gasteiger partial charge in [0.2, 0.25) is 0 Å². The molecule has 0 spiro atoms. The van der Waals surface area contributed by atoms with Crippen molar-refractivity contribution in [3.63, 3.8) is 0 Å². The Kier molecular flexibility index (Phi) is 4.53. The van der Waals surface area contributed by atoms with Crippen molar-refractivity contribution in [1.29, 1.82) is 0 Å². The molecule has 0 saturated heterocycles. The molecule has 0 radical (unpaired) electrons. The lowest BCUT2D eigenvalue weighted by Crippen LogP contribution is -2.30. The molecule has 1 N–H and O–H groups in total. The number of sulfonamides is 1. The minimum absolute atomic E-state index is 0.237. The third kappa shape index (κ3) is 3.40. The second-order valence-corrected chi connectivity index (χ2v) is 8.60. The van der Waals surface area contributed by atoms with E-state index < -0.39 is 16.1 Å². The summed E-state index contributed by atoms with van der Waals surface area (Å²) in [4.78, 5) is 5.15. The Morgan fingerprint density at radius 2 is 1.92 bits per heavy atom. The Hall–Kier alpha value is -2.03. The number of imidazole rings is 1. The summed E-state index contributed by atoms with van der Waals surface area (Å²) >= 11 is 1.20. The van der Waals surface area contributed by atoms with Gasteiger partial charge in [-0.15, -0.1) is 11.3 Å². The second kappa shape index (κ2) is 6.46. The highest BCUT2D eigenvalue weighted by molar-refractivity contribution is 7.91. The highest BCUT2D eigenvalue weighted by Gasteiger charge is 2.26. The van der Waals surface area contributed by atoms with E-state index >= 15 is 0 Å². The summed E-state index contributed by atoms with van der Waals surface area (Å²) in [6.07, 6.45) is 3.32. The molecule has 126 valence electrons. The lowest BCUT2D eigenvalue weighted by Gasteiger charge is -2.18. The Labute approximate surface area is 143 Å². The first kappa shape index (κ1) is 16.8. The van der Waals surface area contributed by atoms with Crippen molar-refractivity contribution in [2.45, 2.75) is 17.2 Å². The second-order valence-electron chi connectivity index (χ2n) is 5.37. The number of hydrogen-bond donors (Lipinski definition) is 1. The number of nitrogens with zero attached hydrogens (tertiary/aromatic N) is 2. The monoisotopic (exact) mass is 365 g/mol. The van der Waals surface area contributed by atoms with Crippen LogP contribution in [0.2, 0.25) is 0 Å². The zero-order chi connectivity index (χ0) is 17.3. The molecule has 3 aromatic rings. The van der Waals surface area contributed by atoms with E-state index in [4.69, 9.17) is 0 Å². The molecule has 0 aliphatic carbocycles. The molecule has 0 amide bonds. The number of aryl methyl sites for hydroxylation is 2. The first-order valence-corrected chi connectivity index (χ1v) is 9.48. The number of aromatic nitrogens is 2. The maximum absolute atomic E-state index is 13.2. The van der Waals surface area contributed by atoms with E-state index in [2.05, 4.69) is 9.71 Å². The Morgan fingerprint density at radius 1 is 1.21 bits per heavy atom. The average molecular weight is 365 g/mol. The van der Waals surface area contributed by atoms with Crippen molar-refractivity contribution < 1.29 is 12.8 Å². The van der Waals surface area contributed by atoms with Crippen LogP contribution in [-0.2, 0) is 17.1 Å². The van der Waals surface area contributed by atoms with Crippen LogP contribution in [0.5, 0.6) is 0 Å². The lowest BCUT2D eigenvalue weighted by molar-refractivity contribution is 0.564. The van der Waals surface area contributed by atoms with Crippen LogP contribution in [0.4, 0.5) is 4.39 Å². The van der Waals surface area contributed by atoms with Crippen LogP contribution in [0.1, 0.15) is 22.3 Å². The van der Waals surface area contributed by atoms with Gasteiger partial charge in [0.1, 0.15) is 21.9 Å². The fraction of sp³-hybridized carbons (Fsp3) is 0.188. The highest BCUT2D eigenvalue weighted by Crippen LogP contribution is 2.26. The van der Waals surface area contributed by atoms with Crippen molar-refractivity contribution >= 4 is 21.4 Å². The standard InChI is InChI=1S/C16H16FN3O2S2/c1-11-3-8-14(23-11)24(21,22)19-15(16-18-9-10-20(16)2)12-4-6-13(17)7-5-12/h3-10,15,19H,1-2H3/t15-/m0/s1. The molecule has 2 heterocycles. The van der Waals surface area contributed by atoms with Crippen molar-refractivity contribution in [2.75, 3.05) is 0 Å². The van der Waals surface area contributed by atoms with E-state index in [1.165, 1.54) is 23.5 Å². The van der Waals surface area contributed by atoms with Gasteiger partial charge in [-0.25, -0.2) is 17.8 Å². The molecule has 3 rings (SSSR count). The van der Waals surface area contributed by atoms with Crippen LogP contribution < -0.4 is 4.72 Å². The summed E-state index contributed by atoms with van der Waals surface area (Å²) in [5.74, 6) is 0.146. The highest BCUT2D eigenvalue weighted by atomic mass is 32.2. The molecule has 0 unspecified atom stereocenters. The third-order valence-electron chi connectivity index (χ3n) is 3.57. The zero-order valence-electron chi connectivity index (χ0n) is 13.1. The van der Waals surface area contributed by atoms with E-state index in [0.29, 0.717) is 11.4 Å². The average Bonchev–Trinajstić information content (AvgIpc) is 3.15. The van der Waals surface area contributed by atoms with Gasteiger partial charge < -0.3 is 4.57 Å². The summed E-state index contributed by atoms with van der Waals surface area (Å²) in [6, 6.07) is 8.32. The minimum atomic E-state index is -3.72. The fourth-order valence-electron chi connectivity index (χ4n) is 2.35. The van der Waals surface area contributed by atoms with Crippen LogP contribution in [0.3, 0.4) is 0 Å². The minimum Gasteiger partial charge on any atom is -0.336 e. The largest absolute Gasteiger partial charge is 0.336 e. The molecule has 0 fully saturated rings. The van der Waals surface area contributed by atoms with E-state index in [1.807, 2.05) is 6.92 Å². The lowest BCUT2D eigenvalue weighted by atomic mass is 10.1. The summed E-state index contributed by atoms with van der Waals surface area (Å²) in [6.45, 7) is 1.85. The Balaban J connectivity index is 2.02. The predicted octanol–water partition coefficient (Wildman–Crippen LogP) is 3.00. The summed E-state index contributed by atoms with van der Waals surface area (Å²) in [5.41, 5.74) is 0.613. The van der Waals surface area contributed by atoms with Gasteiger partial charge in [-0.1, -0.05) is 12.1 Å². The molecule has 8 heteroatoms. The van der Waals surface area contributed by atoms with Gasteiger partial charge in [0, 0.05) is 24.3 Å². The van der Waals surface area contributed by atoms with Crippen LogP contribution in [0.15, 0.2) is 53.0 Å². The van der Waals surface area contributed by atoms with E-state index in [1.54, 1.807) is 48.3 Å². The molecule has 2 aromatic heterocycles. The van der Waals surface area contributed by atoms with Crippen LogP contribution in [-0.4, -0.2) is 18.0 Å². The van der Waals surface area contributed by atoms with Gasteiger partial charge in [0.15, 0.2) is 0 Å². The topological polar surface area (TPSA) is 64.0 Å². The number of benzene rings is 1. The van der Waals surface area contributed by atoms with Crippen molar-refractivity contribution in [2.24, 2.45) is 7.05 Å². The molecular formula is C16H16FN3O2S2. The van der Waals surface area contributed by atoms with Gasteiger partial charge in [-0.05, 0) is 36.8 Å². The van der Waals surface area contributed by atoms with Crippen LogP contribution >= 0.6 is 11.3 Å². The van der Waals surface area contributed by atoms with Gasteiger partial charge >= 0.3 is 0 Å². The van der Waals surface area contributed by atoms with Gasteiger partial charge in [-0.3, -0.25) is 0 Å². The first-order valence-electron chi connectivity index (χ1n) is 7.18. The number of nitrogens with one attached hydrogen (secondary N) is 1. The zero-order valence-corrected chi connectivity index (χ0v) is 14.7. The number of halogens is 1. The van der Waals surface area contributed by atoms with Gasteiger partial charge in [0.25, 0.3) is 10.0 Å². The van der Waals surface area contributed by atoms with E-state index in [-0.39, 0.29) is 10.0 Å².